The molecular formula is C18H24N2O6. The second-order valence-electron chi connectivity index (χ2n) is 5.61. The molecule has 1 aromatic carbocycles. The minimum absolute atomic E-state index is 0.191. The van der Waals surface area contributed by atoms with Gasteiger partial charge in [0.2, 0.25) is 5.91 Å². The van der Waals surface area contributed by atoms with Crippen LogP contribution in [0.25, 0.3) is 0 Å². The van der Waals surface area contributed by atoms with Crippen molar-refractivity contribution in [2.24, 2.45) is 0 Å². The monoisotopic (exact) mass is 364 g/mol. The number of amides is 2. The van der Waals surface area contributed by atoms with Gasteiger partial charge in [0.05, 0.1) is 26.7 Å². The van der Waals surface area contributed by atoms with E-state index in [1.54, 1.807) is 18.2 Å². The van der Waals surface area contributed by atoms with Gasteiger partial charge in [-0.1, -0.05) is 0 Å². The molecule has 2 amide bonds. The van der Waals surface area contributed by atoms with Gasteiger partial charge in [-0.2, -0.15) is 0 Å². The SMILES string of the molecule is CCOc1ccc(C(=O)N2CCNC(=O)C2CC(=O)OC)cc1OCC. The van der Waals surface area contributed by atoms with Gasteiger partial charge in [0.1, 0.15) is 6.04 Å². The molecular weight excluding hydrogens is 340 g/mol. The summed E-state index contributed by atoms with van der Waals surface area (Å²) in [7, 11) is 1.25. The van der Waals surface area contributed by atoms with Crippen LogP contribution in [-0.2, 0) is 14.3 Å². The smallest absolute Gasteiger partial charge is 0.308 e. The second kappa shape index (κ2) is 9.07. The van der Waals surface area contributed by atoms with E-state index in [4.69, 9.17) is 9.47 Å². The molecule has 2 rings (SSSR count). The second-order valence-corrected chi connectivity index (χ2v) is 5.61. The van der Waals surface area contributed by atoms with Crippen molar-refractivity contribution in [1.82, 2.24) is 10.2 Å². The molecule has 1 aromatic rings. The Morgan fingerprint density at radius 2 is 1.88 bits per heavy atom. The van der Waals surface area contributed by atoms with Crippen LogP contribution < -0.4 is 14.8 Å². The van der Waals surface area contributed by atoms with Crippen LogP contribution in [0, 0.1) is 0 Å². The number of hydrogen-bond acceptors (Lipinski definition) is 6. The fraction of sp³-hybridized carbons (Fsp3) is 0.500. The van der Waals surface area contributed by atoms with Gasteiger partial charge in [0.25, 0.3) is 5.91 Å². The molecule has 26 heavy (non-hydrogen) atoms. The maximum absolute atomic E-state index is 12.9. The number of rotatable bonds is 7. The Kier molecular flexibility index (Phi) is 6.82. The van der Waals surface area contributed by atoms with Crippen LogP contribution in [-0.4, -0.2) is 62.1 Å². The molecule has 1 fully saturated rings. The summed E-state index contributed by atoms with van der Waals surface area (Å²) in [5.41, 5.74) is 0.362. The lowest BCUT2D eigenvalue weighted by atomic mass is 10.1. The summed E-state index contributed by atoms with van der Waals surface area (Å²) in [5.74, 6) is -0.255. The zero-order chi connectivity index (χ0) is 19.1. The highest BCUT2D eigenvalue weighted by Crippen LogP contribution is 2.29. The van der Waals surface area contributed by atoms with Crippen molar-refractivity contribution in [3.05, 3.63) is 23.8 Å². The van der Waals surface area contributed by atoms with E-state index in [-0.39, 0.29) is 18.2 Å². The largest absolute Gasteiger partial charge is 0.490 e. The van der Waals surface area contributed by atoms with Gasteiger partial charge < -0.3 is 24.4 Å². The third kappa shape index (κ3) is 4.44. The summed E-state index contributed by atoms with van der Waals surface area (Å²) in [6, 6.07) is 3.99. The number of carbonyl (C=O) groups is 3. The average molecular weight is 364 g/mol. The van der Waals surface area contributed by atoms with E-state index < -0.39 is 12.0 Å². The summed E-state index contributed by atoms with van der Waals surface area (Å²) < 4.78 is 15.7. The molecule has 1 unspecified atom stereocenters. The van der Waals surface area contributed by atoms with Gasteiger partial charge >= 0.3 is 5.97 Å². The van der Waals surface area contributed by atoms with Gasteiger partial charge in [0, 0.05) is 18.7 Å². The van der Waals surface area contributed by atoms with Crippen LogP contribution in [0.4, 0.5) is 0 Å². The Labute approximate surface area is 152 Å². The first kappa shape index (κ1) is 19.6. The summed E-state index contributed by atoms with van der Waals surface area (Å²) in [5, 5.41) is 2.67. The number of piperazine rings is 1. The number of carbonyl (C=O) groups excluding carboxylic acids is 3. The zero-order valence-corrected chi connectivity index (χ0v) is 15.2. The van der Waals surface area contributed by atoms with Crippen molar-refractivity contribution in [2.45, 2.75) is 26.3 Å². The van der Waals surface area contributed by atoms with Gasteiger partial charge in [-0.05, 0) is 32.0 Å². The van der Waals surface area contributed by atoms with Crippen molar-refractivity contribution >= 4 is 17.8 Å². The van der Waals surface area contributed by atoms with E-state index in [0.29, 0.717) is 43.4 Å². The maximum Gasteiger partial charge on any atom is 0.308 e. The number of ether oxygens (including phenoxy) is 3. The molecule has 1 atom stereocenters. The molecule has 8 heteroatoms. The van der Waals surface area contributed by atoms with E-state index in [9.17, 15) is 14.4 Å². The first-order valence-corrected chi connectivity index (χ1v) is 8.56. The van der Waals surface area contributed by atoms with E-state index in [1.807, 2.05) is 13.8 Å². The van der Waals surface area contributed by atoms with Crippen molar-refractivity contribution in [2.75, 3.05) is 33.4 Å². The summed E-state index contributed by atoms with van der Waals surface area (Å²) in [6.07, 6.45) is -0.191. The summed E-state index contributed by atoms with van der Waals surface area (Å²) >= 11 is 0. The Morgan fingerprint density at radius 1 is 1.19 bits per heavy atom. The highest BCUT2D eigenvalue weighted by molar-refractivity contribution is 5.99. The first-order valence-electron chi connectivity index (χ1n) is 8.56. The molecule has 1 aliphatic heterocycles. The predicted molar refractivity (Wildman–Crippen MR) is 93.2 cm³/mol. The molecule has 0 bridgehead atoms. The Balaban J connectivity index is 2.28. The predicted octanol–water partition coefficient (Wildman–Crippen LogP) is 0.988. The minimum atomic E-state index is -0.897. The van der Waals surface area contributed by atoms with Crippen LogP contribution in [0.1, 0.15) is 30.6 Å². The van der Waals surface area contributed by atoms with E-state index in [1.165, 1.54) is 12.0 Å². The minimum Gasteiger partial charge on any atom is -0.490 e. The molecule has 0 radical (unpaired) electrons. The fourth-order valence-corrected chi connectivity index (χ4v) is 2.75. The topological polar surface area (TPSA) is 94.2 Å². The number of methoxy groups -OCH3 is 1. The normalized spacial score (nSPS) is 16.7. The molecule has 1 saturated heterocycles. The Morgan fingerprint density at radius 3 is 2.54 bits per heavy atom. The number of nitrogens with one attached hydrogen (secondary N) is 1. The van der Waals surface area contributed by atoms with Gasteiger partial charge in [-0.3, -0.25) is 14.4 Å². The number of hydrogen-bond donors (Lipinski definition) is 1. The summed E-state index contributed by atoms with van der Waals surface area (Å²) in [6.45, 7) is 5.24. The highest BCUT2D eigenvalue weighted by atomic mass is 16.5. The van der Waals surface area contributed by atoms with Crippen molar-refractivity contribution in [3.8, 4) is 11.5 Å². The van der Waals surface area contributed by atoms with Crippen LogP contribution in [0.5, 0.6) is 11.5 Å². The molecule has 0 spiro atoms. The van der Waals surface area contributed by atoms with E-state index >= 15 is 0 Å². The lowest BCUT2D eigenvalue weighted by Gasteiger charge is -2.34. The molecule has 1 aliphatic rings. The van der Waals surface area contributed by atoms with Crippen molar-refractivity contribution in [1.29, 1.82) is 0 Å². The standard InChI is InChI=1S/C18H24N2O6/c1-4-25-14-7-6-12(10-15(14)26-5-2)18(23)20-9-8-19-17(22)13(20)11-16(21)24-3/h6-7,10,13H,4-5,8-9,11H2,1-3H3,(H,19,22). The lowest BCUT2D eigenvalue weighted by molar-refractivity contribution is -0.145. The molecule has 0 aliphatic carbocycles. The van der Waals surface area contributed by atoms with Gasteiger partial charge in [-0.15, -0.1) is 0 Å². The van der Waals surface area contributed by atoms with E-state index in [0.717, 1.165) is 0 Å². The molecule has 0 aromatic heterocycles. The van der Waals surface area contributed by atoms with Crippen molar-refractivity contribution < 1.29 is 28.6 Å². The Hall–Kier alpha value is -2.77. The molecule has 0 saturated carbocycles. The Bertz CT molecular complexity index is 676. The third-order valence-corrected chi connectivity index (χ3v) is 3.97. The molecule has 1 heterocycles. The lowest BCUT2D eigenvalue weighted by Crippen LogP contribution is -2.57. The third-order valence-electron chi connectivity index (χ3n) is 3.97. The molecule has 1 N–H and O–H groups in total. The maximum atomic E-state index is 12.9. The van der Waals surface area contributed by atoms with Crippen LogP contribution >= 0.6 is 0 Å². The van der Waals surface area contributed by atoms with Crippen LogP contribution in [0.15, 0.2) is 18.2 Å². The fourth-order valence-electron chi connectivity index (χ4n) is 2.75. The molecule has 142 valence electrons. The zero-order valence-electron chi connectivity index (χ0n) is 15.2. The molecule has 8 nitrogen and oxygen atoms in total. The number of benzene rings is 1. The quantitative estimate of drug-likeness (QED) is 0.725. The highest BCUT2D eigenvalue weighted by Gasteiger charge is 2.35. The van der Waals surface area contributed by atoms with Crippen LogP contribution in [0.2, 0.25) is 0 Å². The van der Waals surface area contributed by atoms with Crippen LogP contribution in [0.3, 0.4) is 0 Å². The number of nitrogens with zero attached hydrogens (tertiary/aromatic N) is 1. The first-order chi connectivity index (χ1) is 12.5. The van der Waals surface area contributed by atoms with E-state index in [2.05, 4.69) is 10.1 Å². The van der Waals surface area contributed by atoms with Gasteiger partial charge in [0.15, 0.2) is 11.5 Å². The van der Waals surface area contributed by atoms with Crippen molar-refractivity contribution in [3.63, 3.8) is 0 Å². The summed E-state index contributed by atoms with van der Waals surface area (Å²) in [4.78, 5) is 38.1. The van der Waals surface area contributed by atoms with Gasteiger partial charge in [-0.25, -0.2) is 0 Å². The average Bonchev–Trinajstić information content (AvgIpc) is 2.64. The number of esters is 1.